The van der Waals surface area contributed by atoms with Crippen LogP contribution >= 0.6 is 0 Å². The second kappa shape index (κ2) is 19.0. The SMILES string of the molecule is COc1nc(C(F)(F)F)ccc1C(O)CN1CCN(C(=O)OC(C)(C)C)C[C@H]1CO.COc1nc(C(F)(F)F)ccc1[C@@H]1CN2CCN(C(=O)OC(C)(C)C)C[C@H]2CO1. The second-order valence-corrected chi connectivity index (χ2v) is 16.3. The molecule has 59 heavy (non-hydrogen) atoms. The van der Waals surface area contributed by atoms with E-state index in [9.17, 15) is 46.1 Å². The number of fused-ring (bicyclic) bond motifs is 1. The maximum atomic E-state index is 12.9. The number of carbonyl (C=O) groups excluding carboxylic acids is 2. The summed E-state index contributed by atoms with van der Waals surface area (Å²) in [5, 5.41) is 20.3. The van der Waals surface area contributed by atoms with E-state index in [1.54, 1.807) is 30.6 Å². The van der Waals surface area contributed by atoms with Crippen molar-refractivity contribution in [1.29, 1.82) is 0 Å². The van der Waals surface area contributed by atoms with Gasteiger partial charge in [-0.3, -0.25) is 9.80 Å². The van der Waals surface area contributed by atoms with Gasteiger partial charge in [0.15, 0.2) is 0 Å². The molecule has 0 aromatic carbocycles. The van der Waals surface area contributed by atoms with Crippen molar-refractivity contribution >= 4 is 12.2 Å². The first-order valence-electron chi connectivity index (χ1n) is 18.9. The summed E-state index contributed by atoms with van der Waals surface area (Å²) in [6, 6.07) is 3.75. The number of aliphatic hydroxyl groups is 2. The summed E-state index contributed by atoms with van der Waals surface area (Å²) in [5.41, 5.74) is -2.74. The Hall–Kier alpha value is -4.18. The lowest BCUT2D eigenvalue weighted by Crippen LogP contribution is -2.60. The first kappa shape index (κ1) is 47.5. The summed E-state index contributed by atoms with van der Waals surface area (Å²) in [6.07, 6.45) is -11.7. The number of pyridine rings is 2. The number of ether oxygens (including phenoxy) is 5. The molecule has 15 nitrogen and oxygen atoms in total. The topological polar surface area (TPSA) is 159 Å². The van der Waals surface area contributed by atoms with Crippen molar-refractivity contribution in [2.45, 2.75) is 89.4 Å². The molecule has 2 aromatic rings. The average Bonchev–Trinajstić information content (AvgIpc) is 3.15. The van der Waals surface area contributed by atoms with Crippen LogP contribution in [-0.4, -0.2) is 155 Å². The Morgan fingerprint density at radius 3 is 1.83 bits per heavy atom. The van der Waals surface area contributed by atoms with Gasteiger partial charge in [0.05, 0.1) is 45.6 Å². The third-order valence-corrected chi connectivity index (χ3v) is 9.47. The van der Waals surface area contributed by atoms with Crippen molar-refractivity contribution in [3.63, 3.8) is 0 Å². The van der Waals surface area contributed by atoms with Gasteiger partial charge in [0.25, 0.3) is 0 Å². The van der Waals surface area contributed by atoms with E-state index >= 15 is 0 Å². The van der Waals surface area contributed by atoms with E-state index in [0.29, 0.717) is 51.4 Å². The number of morpholine rings is 1. The standard InChI is InChI=1S/C19H28F3N3O5.C19H26F3N3O4/c1-18(2,3)30-17(28)25-8-7-24(12(9-25)11-26)10-14(27)13-5-6-15(19(20,21)22)23-16(13)29-4;1-18(2,3)29-17(26)25-8-7-24-10-14(28-11-12(24)9-25)13-5-6-15(19(20,21)22)23-16(13)27-4/h5-6,12,14,26-27H,7-11H2,1-4H3;5-6,12,14H,7-11H2,1-4H3/t12-,14?;12-,14-/m00/s1. The van der Waals surface area contributed by atoms with Crippen LogP contribution in [0.2, 0.25) is 0 Å². The van der Waals surface area contributed by atoms with E-state index < -0.39 is 59.3 Å². The molecule has 3 fully saturated rings. The minimum absolute atomic E-state index is 0.000853. The molecule has 3 saturated heterocycles. The molecule has 332 valence electrons. The number of piperazine rings is 2. The summed E-state index contributed by atoms with van der Waals surface area (Å²) >= 11 is 0. The van der Waals surface area contributed by atoms with Crippen LogP contribution in [0.15, 0.2) is 24.3 Å². The number of rotatable bonds is 7. The van der Waals surface area contributed by atoms with Gasteiger partial charge >= 0.3 is 24.5 Å². The average molecular weight is 853 g/mol. The highest BCUT2D eigenvalue weighted by Crippen LogP contribution is 2.36. The minimum Gasteiger partial charge on any atom is -0.481 e. The van der Waals surface area contributed by atoms with E-state index in [0.717, 1.165) is 18.2 Å². The van der Waals surface area contributed by atoms with Crippen molar-refractivity contribution in [3.05, 3.63) is 46.8 Å². The molecule has 0 radical (unpaired) electrons. The Morgan fingerprint density at radius 1 is 0.780 bits per heavy atom. The van der Waals surface area contributed by atoms with Crippen LogP contribution in [0.1, 0.15) is 76.3 Å². The van der Waals surface area contributed by atoms with Crippen LogP contribution in [0, 0.1) is 0 Å². The summed E-state index contributed by atoms with van der Waals surface area (Å²) in [7, 11) is 2.46. The van der Waals surface area contributed by atoms with E-state index in [1.807, 2.05) is 20.8 Å². The number of amides is 2. The third-order valence-electron chi connectivity index (χ3n) is 9.47. The number of halogens is 6. The van der Waals surface area contributed by atoms with Crippen molar-refractivity contribution in [1.82, 2.24) is 29.6 Å². The molecule has 0 aliphatic carbocycles. The van der Waals surface area contributed by atoms with Gasteiger partial charge in [0.1, 0.15) is 28.7 Å². The molecule has 3 aliphatic rings. The maximum absolute atomic E-state index is 12.9. The molecule has 4 atom stereocenters. The monoisotopic (exact) mass is 852 g/mol. The molecule has 0 spiro atoms. The lowest BCUT2D eigenvalue weighted by atomic mass is 10.0. The zero-order valence-corrected chi connectivity index (χ0v) is 34.4. The van der Waals surface area contributed by atoms with Gasteiger partial charge < -0.3 is 43.7 Å². The smallest absolute Gasteiger partial charge is 0.433 e. The fourth-order valence-electron chi connectivity index (χ4n) is 6.63. The van der Waals surface area contributed by atoms with Crippen molar-refractivity contribution in [2.24, 2.45) is 0 Å². The summed E-state index contributed by atoms with van der Waals surface area (Å²) in [4.78, 5) is 38.7. The van der Waals surface area contributed by atoms with E-state index in [-0.39, 0.29) is 49.2 Å². The van der Waals surface area contributed by atoms with Crippen molar-refractivity contribution < 1.29 is 69.8 Å². The molecule has 5 rings (SSSR count). The van der Waals surface area contributed by atoms with Crippen molar-refractivity contribution in [3.8, 4) is 11.8 Å². The van der Waals surface area contributed by atoms with Crippen LogP contribution in [-0.2, 0) is 26.6 Å². The fourth-order valence-corrected chi connectivity index (χ4v) is 6.63. The lowest BCUT2D eigenvalue weighted by Gasteiger charge is -2.46. The molecule has 0 bridgehead atoms. The van der Waals surface area contributed by atoms with Gasteiger partial charge in [-0.25, -0.2) is 19.6 Å². The van der Waals surface area contributed by atoms with Crippen LogP contribution < -0.4 is 9.47 Å². The first-order valence-corrected chi connectivity index (χ1v) is 18.9. The number of β-amino-alcohol motifs (C(OH)–C–C–N with tert-alkyl or cyclic N) is 1. The van der Waals surface area contributed by atoms with Gasteiger partial charge in [0, 0.05) is 63.5 Å². The molecular weight excluding hydrogens is 798 g/mol. The van der Waals surface area contributed by atoms with Gasteiger partial charge in [-0.05, 0) is 65.8 Å². The molecule has 21 heteroatoms. The Labute approximate surface area is 339 Å². The molecule has 3 aliphatic heterocycles. The number of alkyl halides is 6. The zero-order chi connectivity index (χ0) is 44.1. The molecule has 5 heterocycles. The van der Waals surface area contributed by atoms with Gasteiger partial charge in [-0.2, -0.15) is 26.3 Å². The van der Waals surface area contributed by atoms with E-state index in [2.05, 4.69) is 14.9 Å². The third kappa shape index (κ3) is 13.2. The van der Waals surface area contributed by atoms with Gasteiger partial charge in [-0.1, -0.05) is 0 Å². The number of hydrogen-bond acceptors (Lipinski definition) is 13. The first-order chi connectivity index (χ1) is 27.3. The highest BCUT2D eigenvalue weighted by Gasteiger charge is 2.40. The molecule has 2 aromatic heterocycles. The Balaban J connectivity index is 0.000000261. The van der Waals surface area contributed by atoms with Crippen molar-refractivity contribution in [2.75, 3.05) is 79.8 Å². The van der Waals surface area contributed by atoms with Crippen LogP contribution in [0.5, 0.6) is 11.8 Å². The predicted molar refractivity (Wildman–Crippen MR) is 199 cm³/mol. The number of carbonyl (C=O) groups is 2. The predicted octanol–water partition coefficient (Wildman–Crippen LogP) is 5.16. The van der Waals surface area contributed by atoms with E-state index in [1.165, 1.54) is 25.2 Å². The van der Waals surface area contributed by atoms with E-state index in [4.69, 9.17) is 23.7 Å². The molecule has 1 unspecified atom stereocenters. The quantitative estimate of drug-likeness (QED) is 0.353. The highest BCUT2D eigenvalue weighted by molar-refractivity contribution is 5.68. The second-order valence-electron chi connectivity index (χ2n) is 16.3. The highest BCUT2D eigenvalue weighted by atomic mass is 19.4. The molecule has 2 amide bonds. The van der Waals surface area contributed by atoms with Crippen LogP contribution in [0.3, 0.4) is 0 Å². The minimum atomic E-state index is -4.63. The lowest BCUT2D eigenvalue weighted by molar-refractivity contribution is -0.142. The molecular formula is C38H54F6N6O9. The molecule has 2 N–H and O–H groups in total. The normalized spacial score (nSPS) is 21.5. The summed E-state index contributed by atoms with van der Waals surface area (Å²) in [5.74, 6) is -0.402. The molecule has 0 saturated carbocycles. The van der Waals surface area contributed by atoms with Crippen LogP contribution in [0.4, 0.5) is 35.9 Å². The number of nitrogens with zero attached hydrogens (tertiary/aromatic N) is 6. The zero-order valence-electron chi connectivity index (χ0n) is 34.4. The number of aliphatic hydroxyl groups excluding tert-OH is 2. The number of hydrogen-bond donors (Lipinski definition) is 2. The number of aromatic nitrogens is 2. The summed E-state index contributed by atoms with van der Waals surface area (Å²) in [6.45, 7) is 13.8. The maximum Gasteiger partial charge on any atom is 0.433 e. The van der Waals surface area contributed by atoms with Gasteiger partial charge in [0.2, 0.25) is 11.8 Å². The Morgan fingerprint density at radius 2 is 1.31 bits per heavy atom. The Kier molecular flexibility index (Phi) is 15.3. The summed E-state index contributed by atoms with van der Waals surface area (Å²) < 4.78 is 104. The van der Waals surface area contributed by atoms with Crippen LogP contribution in [0.25, 0.3) is 0 Å². The van der Waals surface area contributed by atoms with Gasteiger partial charge in [-0.15, -0.1) is 0 Å². The number of methoxy groups -OCH3 is 2. The largest absolute Gasteiger partial charge is 0.481 e. The fraction of sp³-hybridized carbons (Fsp3) is 0.684. The Bertz CT molecular complexity index is 1740.